The zero-order chi connectivity index (χ0) is 18.3. The molecule has 0 bridgehead atoms. The van der Waals surface area contributed by atoms with Gasteiger partial charge in [-0.3, -0.25) is 4.79 Å². The summed E-state index contributed by atoms with van der Waals surface area (Å²) in [7, 11) is 1.33. The fourth-order valence-corrected chi connectivity index (χ4v) is 3.88. The highest BCUT2D eigenvalue weighted by molar-refractivity contribution is 6.31. The van der Waals surface area contributed by atoms with Gasteiger partial charge in [0.2, 0.25) is 5.91 Å². The summed E-state index contributed by atoms with van der Waals surface area (Å²) in [5, 5.41) is 6.83. The van der Waals surface area contributed by atoms with Crippen molar-refractivity contribution in [3.05, 3.63) is 53.1 Å². The van der Waals surface area contributed by atoms with Crippen LogP contribution in [0.1, 0.15) is 24.4 Å². The van der Waals surface area contributed by atoms with Crippen molar-refractivity contribution >= 4 is 40.7 Å². The Labute approximate surface area is 156 Å². The molecule has 0 saturated carbocycles. The van der Waals surface area contributed by atoms with Gasteiger partial charge in [0.25, 0.3) is 0 Å². The van der Waals surface area contributed by atoms with E-state index in [4.69, 9.17) is 16.3 Å². The highest BCUT2D eigenvalue weighted by atomic mass is 35.5. The summed E-state index contributed by atoms with van der Waals surface area (Å²) in [5.41, 5.74) is 3.35. The molecule has 0 spiro atoms. The Morgan fingerprint density at radius 1 is 1.27 bits per heavy atom. The fourth-order valence-electron chi connectivity index (χ4n) is 3.72. The summed E-state index contributed by atoms with van der Waals surface area (Å²) in [5.74, 6) is -0.0000597. The van der Waals surface area contributed by atoms with Gasteiger partial charge in [-0.2, -0.15) is 0 Å². The zero-order valence-electron chi connectivity index (χ0n) is 14.2. The van der Waals surface area contributed by atoms with Crippen LogP contribution < -0.4 is 15.5 Å². The van der Waals surface area contributed by atoms with Crippen LogP contribution in [-0.2, 0) is 9.53 Å². The molecule has 1 saturated heterocycles. The number of carbonyl (C=O) groups excluding carboxylic acids is 2. The lowest BCUT2D eigenvalue weighted by Crippen LogP contribution is -2.52. The first-order chi connectivity index (χ1) is 12.6. The second-order valence-electron chi connectivity index (χ2n) is 6.36. The third-order valence-corrected chi connectivity index (χ3v) is 5.09. The molecule has 4 rings (SSSR count). The van der Waals surface area contributed by atoms with Crippen LogP contribution in [0.2, 0.25) is 5.02 Å². The number of fused-ring (bicyclic) bond motifs is 5. The van der Waals surface area contributed by atoms with Gasteiger partial charge in [-0.25, -0.2) is 4.79 Å². The number of alkyl carbamates (subject to hydrolysis) is 1. The predicted octanol–water partition coefficient (Wildman–Crippen LogP) is 3.99. The van der Waals surface area contributed by atoms with Crippen LogP contribution in [0.15, 0.2) is 42.5 Å². The van der Waals surface area contributed by atoms with Crippen molar-refractivity contribution in [3.63, 3.8) is 0 Å². The number of piperidine rings is 1. The van der Waals surface area contributed by atoms with E-state index in [1.54, 1.807) is 17.0 Å². The maximum absolute atomic E-state index is 12.9. The van der Waals surface area contributed by atoms with Gasteiger partial charge in [0.05, 0.1) is 30.6 Å². The third-order valence-electron chi connectivity index (χ3n) is 4.85. The molecular weight excluding hydrogens is 354 g/mol. The van der Waals surface area contributed by atoms with Crippen LogP contribution in [0.25, 0.3) is 0 Å². The molecule has 1 fully saturated rings. The summed E-state index contributed by atoms with van der Waals surface area (Å²) in [4.78, 5) is 26.5. The van der Waals surface area contributed by atoms with Crippen molar-refractivity contribution in [1.29, 1.82) is 0 Å². The molecule has 2 aromatic rings. The molecule has 2 atom stereocenters. The molecule has 6 nitrogen and oxygen atoms in total. The highest BCUT2D eigenvalue weighted by Crippen LogP contribution is 2.46. The number of methoxy groups -OCH3 is 1. The molecule has 0 aliphatic carbocycles. The predicted molar refractivity (Wildman–Crippen MR) is 100.0 cm³/mol. The van der Waals surface area contributed by atoms with Crippen molar-refractivity contribution in [2.45, 2.75) is 24.9 Å². The Morgan fingerprint density at radius 3 is 2.88 bits per heavy atom. The molecule has 0 radical (unpaired) electrons. The Morgan fingerprint density at radius 2 is 2.08 bits per heavy atom. The van der Waals surface area contributed by atoms with Gasteiger partial charge in [-0.15, -0.1) is 0 Å². The number of ether oxygens (including phenoxy) is 1. The van der Waals surface area contributed by atoms with Crippen LogP contribution in [0, 0.1) is 0 Å². The van der Waals surface area contributed by atoms with Gasteiger partial charge in [-0.1, -0.05) is 29.8 Å². The molecule has 7 heteroatoms. The van der Waals surface area contributed by atoms with E-state index in [9.17, 15) is 9.59 Å². The van der Waals surface area contributed by atoms with E-state index in [1.165, 1.54) is 7.11 Å². The van der Waals surface area contributed by atoms with E-state index >= 15 is 0 Å². The SMILES string of the molecule is COC(=O)N[C@@H]1CCC(=O)N2c3cc(Cl)ccc3Nc3ccccc3[C@H]12. The van der Waals surface area contributed by atoms with Crippen LogP contribution in [0.3, 0.4) is 0 Å². The van der Waals surface area contributed by atoms with Crippen molar-refractivity contribution in [2.75, 3.05) is 17.3 Å². The Bertz CT molecular complexity index is 886. The average Bonchev–Trinajstić information content (AvgIpc) is 2.79. The molecule has 0 aromatic heterocycles. The van der Waals surface area contributed by atoms with Crippen LogP contribution in [0.4, 0.5) is 21.9 Å². The molecule has 2 amide bonds. The van der Waals surface area contributed by atoms with E-state index in [2.05, 4.69) is 10.6 Å². The normalized spacial score (nSPS) is 20.8. The summed E-state index contributed by atoms with van der Waals surface area (Å²) in [6.07, 6.45) is 0.365. The lowest BCUT2D eigenvalue weighted by atomic mass is 9.89. The van der Waals surface area contributed by atoms with E-state index in [0.29, 0.717) is 23.6 Å². The monoisotopic (exact) mass is 371 g/mol. The Hall–Kier alpha value is -2.73. The molecule has 2 heterocycles. The number of amides is 2. The smallest absolute Gasteiger partial charge is 0.407 e. The average molecular weight is 372 g/mol. The number of carbonyl (C=O) groups is 2. The molecule has 2 aliphatic rings. The largest absolute Gasteiger partial charge is 0.453 e. The Balaban J connectivity index is 1.90. The first-order valence-electron chi connectivity index (χ1n) is 8.40. The van der Waals surface area contributed by atoms with Crippen LogP contribution in [0.5, 0.6) is 0 Å². The number of hydrogen-bond donors (Lipinski definition) is 2. The van der Waals surface area contributed by atoms with Crippen molar-refractivity contribution in [3.8, 4) is 0 Å². The minimum Gasteiger partial charge on any atom is -0.453 e. The van der Waals surface area contributed by atoms with E-state index in [1.807, 2.05) is 30.3 Å². The number of hydrogen-bond acceptors (Lipinski definition) is 4. The van der Waals surface area contributed by atoms with Gasteiger partial charge in [0.1, 0.15) is 0 Å². The third kappa shape index (κ3) is 2.76. The second-order valence-corrected chi connectivity index (χ2v) is 6.80. The van der Waals surface area contributed by atoms with Crippen LogP contribution in [-0.4, -0.2) is 25.2 Å². The lowest BCUT2D eigenvalue weighted by Gasteiger charge is -2.41. The molecule has 2 aromatic carbocycles. The highest BCUT2D eigenvalue weighted by Gasteiger charge is 2.42. The maximum Gasteiger partial charge on any atom is 0.407 e. The molecule has 26 heavy (non-hydrogen) atoms. The van der Waals surface area contributed by atoms with E-state index in [-0.39, 0.29) is 18.0 Å². The van der Waals surface area contributed by atoms with Crippen molar-refractivity contribution in [2.24, 2.45) is 0 Å². The topological polar surface area (TPSA) is 70.7 Å². The van der Waals surface area contributed by atoms with Gasteiger partial charge in [0, 0.05) is 22.7 Å². The second kappa shape index (κ2) is 6.53. The van der Waals surface area contributed by atoms with Gasteiger partial charge in [0.15, 0.2) is 0 Å². The Kier molecular flexibility index (Phi) is 4.20. The number of anilines is 3. The van der Waals surface area contributed by atoms with Crippen molar-refractivity contribution < 1.29 is 14.3 Å². The zero-order valence-corrected chi connectivity index (χ0v) is 14.9. The molecule has 134 valence electrons. The number of nitrogens with one attached hydrogen (secondary N) is 2. The maximum atomic E-state index is 12.9. The number of para-hydroxylation sites is 1. The van der Waals surface area contributed by atoms with Gasteiger partial charge in [-0.05, 0) is 30.7 Å². The summed E-state index contributed by atoms with van der Waals surface area (Å²) < 4.78 is 4.78. The van der Waals surface area contributed by atoms with E-state index in [0.717, 1.165) is 16.9 Å². The minimum absolute atomic E-state index is 0.0000597. The summed E-state index contributed by atoms with van der Waals surface area (Å²) in [6.45, 7) is 0. The fraction of sp³-hybridized carbons (Fsp3) is 0.263. The van der Waals surface area contributed by atoms with E-state index < -0.39 is 6.09 Å². The first-order valence-corrected chi connectivity index (χ1v) is 8.78. The standard InChI is InChI=1S/C19H18ClN3O3/c1-26-19(25)22-15-8-9-17(24)23-16-10-11(20)6-7-14(16)21-13-5-3-2-4-12(13)18(15)23/h2-7,10,15,18,21H,8-9H2,1H3,(H,22,25)/t15-,18-/m1/s1. The molecule has 2 aliphatic heterocycles. The number of benzene rings is 2. The van der Waals surface area contributed by atoms with Gasteiger partial charge < -0.3 is 20.3 Å². The molecule has 0 unspecified atom stereocenters. The number of rotatable bonds is 1. The quantitative estimate of drug-likeness (QED) is 0.795. The number of halogens is 1. The molecular formula is C19H18ClN3O3. The van der Waals surface area contributed by atoms with Crippen LogP contribution >= 0.6 is 11.6 Å². The first kappa shape index (κ1) is 16.7. The minimum atomic E-state index is -0.509. The molecule has 2 N–H and O–H groups in total. The van der Waals surface area contributed by atoms with Crippen molar-refractivity contribution in [1.82, 2.24) is 5.32 Å². The summed E-state index contributed by atoms with van der Waals surface area (Å²) in [6, 6.07) is 12.6. The number of nitrogens with zero attached hydrogens (tertiary/aromatic N) is 1. The van der Waals surface area contributed by atoms with Gasteiger partial charge >= 0.3 is 6.09 Å². The lowest BCUT2D eigenvalue weighted by molar-refractivity contribution is -0.120. The summed E-state index contributed by atoms with van der Waals surface area (Å²) >= 11 is 6.21.